The molecule has 1 aromatic carbocycles. The second kappa shape index (κ2) is 3.85. The Balaban J connectivity index is 2.44. The molecule has 0 bridgehead atoms. The van der Waals surface area contributed by atoms with E-state index in [0.29, 0.717) is 15.8 Å². The summed E-state index contributed by atoms with van der Waals surface area (Å²) >= 11 is 1.27. The van der Waals surface area contributed by atoms with Gasteiger partial charge < -0.3 is 5.21 Å². The number of rotatable bonds is 1. The maximum atomic E-state index is 11.9. The molecular weight excluding hydrogens is 252 g/mol. The van der Waals surface area contributed by atoms with Crippen molar-refractivity contribution in [2.45, 2.75) is 0 Å². The van der Waals surface area contributed by atoms with Crippen LogP contribution >= 0.6 is 11.3 Å². The fraction of sp³-hybridized carbons (Fsp3) is 0. The average Bonchev–Trinajstić information content (AvgIpc) is 2.81. The van der Waals surface area contributed by atoms with Gasteiger partial charge in [-0.05, 0) is 5.56 Å². The van der Waals surface area contributed by atoms with Crippen molar-refractivity contribution in [3.8, 4) is 11.1 Å². The smallest absolute Gasteiger partial charge is 0.362 e. The zero-order chi connectivity index (χ0) is 12.7. The predicted molar refractivity (Wildman–Crippen MR) is 69.3 cm³/mol. The zero-order valence-electron chi connectivity index (χ0n) is 9.08. The van der Waals surface area contributed by atoms with Crippen molar-refractivity contribution in [1.29, 1.82) is 0 Å². The van der Waals surface area contributed by atoms with Gasteiger partial charge in [-0.2, -0.15) is 0 Å². The van der Waals surface area contributed by atoms with Crippen LogP contribution in [-0.2, 0) is 0 Å². The number of H-pyrrole nitrogens is 1. The highest BCUT2D eigenvalue weighted by molar-refractivity contribution is 7.17. The van der Waals surface area contributed by atoms with Gasteiger partial charge in [-0.15, -0.1) is 11.3 Å². The number of fused-ring (bicyclic) bond motifs is 1. The van der Waals surface area contributed by atoms with Crippen LogP contribution in [0.2, 0.25) is 0 Å². The maximum Gasteiger partial charge on any atom is 0.362 e. The van der Waals surface area contributed by atoms with Crippen LogP contribution < -0.4 is 11.2 Å². The Morgan fingerprint density at radius 1 is 1.17 bits per heavy atom. The second-order valence-electron chi connectivity index (χ2n) is 3.77. The first-order valence-electron chi connectivity index (χ1n) is 5.19. The Morgan fingerprint density at radius 2 is 1.89 bits per heavy atom. The summed E-state index contributed by atoms with van der Waals surface area (Å²) in [6.07, 6.45) is 0. The molecule has 6 heteroatoms. The molecule has 0 fully saturated rings. The van der Waals surface area contributed by atoms with Crippen LogP contribution in [0.25, 0.3) is 21.3 Å². The lowest BCUT2D eigenvalue weighted by Gasteiger charge is -1.99. The van der Waals surface area contributed by atoms with Gasteiger partial charge >= 0.3 is 5.69 Å². The highest BCUT2D eigenvalue weighted by atomic mass is 32.1. The van der Waals surface area contributed by atoms with Crippen LogP contribution in [-0.4, -0.2) is 14.9 Å². The summed E-state index contributed by atoms with van der Waals surface area (Å²) in [7, 11) is 0. The SMILES string of the molecule is O=c1[nH]c2scc(-c3ccccc3)c2c(=O)n1O. The largest absolute Gasteiger partial charge is 0.421 e. The van der Waals surface area contributed by atoms with Crippen LogP contribution in [0.4, 0.5) is 0 Å². The molecule has 0 spiro atoms. The van der Waals surface area contributed by atoms with Crippen molar-refractivity contribution in [3.63, 3.8) is 0 Å². The molecule has 0 amide bonds. The van der Waals surface area contributed by atoms with Gasteiger partial charge in [0, 0.05) is 10.9 Å². The summed E-state index contributed by atoms with van der Waals surface area (Å²) in [5, 5.41) is 11.5. The van der Waals surface area contributed by atoms with Crippen LogP contribution in [0.1, 0.15) is 0 Å². The summed E-state index contributed by atoms with van der Waals surface area (Å²) in [4.78, 5) is 26.1. The number of aromatic amines is 1. The Kier molecular flexibility index (Phi) is 2.31. The third-order valence-corrected chi connectivity index (χ3v) is 3.59. The minimum absolute atomic E-state index is 0.0987. The van der Waals surface area contributed by atoms with Gasteiger partial charge in [0.15, 0.2) is 0 Å². The topological polar surface area (TPSA) is 75.1 Å². The van der Waals surface area contributed by atoms with Crippen LogP contribution in [0, 0.1) is 0 Å². The number of aromatic nitrogens is 2. The van der Waals surface area contributed by atoms with Crippen molar-refractivity contribution in [2.75, 3.05) is 0 Å². The van der Waals surface area contributed by atoms with Crippen molar-refractivity contribution in [2.24, 2.45) is 0 Å². The van der Waals surface area contributed by atoms with Crippen LogP contribution in [0.3, 0.4) is 0 Å². The van der Waals surface area contributed by atoms with Crippen molar-refractivity contribution in [3.05, 3.63) is 56.5 Å². The first-order chi connectivity index (χ1) is 8.68. The van der Waals surface area contributed by atoms with Gasteiger partial charge in [0.05, 0.1) is 5.39 Å². The molecule has 0 atom stereocenters. The summed E-state index contributed by atoms with van der Waals surface area (Å²) in [6, 6.07) is 9.34. The van der Waals surface area contributed by atoms with Crippen LogP contribution in [0.15, 0.2) is 45.3 Å². The predicted octanol–water partition coefficient (Wildman–Crippen LogP) is 1.66. The minimum Gasteiger partial charge on any atom is -0.421 e. The Labute approximate surface area is 105 Å². The molecule has 3 aromatic rings. The summed E-state index contributed by atoms with van der Waals surface area (Å²) in [5.41, 5.74) is 0.0513. The molecule has 0 unspecified atom stereocenters. The highest BCUT2D eigenvalue weighted by Crippen LogP contribution is 2.29. The van der Waals surface area contributed by atoms with E-state index in [-0.39, 0.29) is 4.73 Å². The third kappa shape index (κ3) is 1.46. The number of hydrogen-bond donors (Lipinski definition) is 2. The molecule has 18 heavy (non-hydrogen) atoms. The maximum absolute atomic E-state index is 11.9. The molecule has 0 saturated carbocycles. The van der Waals surface area contributed by atoms with Crippen molar-refractivity contribution < 1.29 is 5.21 Å². The minimum atomic E-state index is -0.825. The van der Waals surface area contributed by atoms with E-state index in [2.05, 4.69) is 4.98 Å². The van der Waals surface area contributed by atoms with E-state index in [9.17, 15) is 14.8 Å². The monoisotopic (exact) mass is 260 g/mol. The van der Waals surface area contributed by atoms with Crippen LogP contribution in [0.5, 0.6) is 0 Å². The van der Waals surface area contributed by atoms with Gasteiger partial charge in [-0.3, -0.25) is 9.78 Å². The molecule has 3 rings (SSSR count). The molecule has 0 aliphatic heterocycles. The molecule has 2 heterocycles. The van der Waals surface area contributed by atoms with Crippen molar-refractivity contribution >= 4 is 21.6 Å². The molecule has 0 saturated heterocycles. The molecule has 2 aromatic heterocycles. The van der Waals surface area contributed by atoms with E-state index >= 15 is 0 Å². The number of benzene rings is 1. The second-order valence-corrected chi connectivity index (χ2v) is 4.65. The highest BCUT2D eigenvalue weighted by Gasteiger charge is 2.13. The molecule has 90 valence electrons. The molecule has 0 aliphatic carbocycles. The van der Waals surface area contributed by atoms with E-state index in [4.69, 9.17) is 0 Å². The quantitative estimate of drug-likeness (QED) is 0.653. The van der Waals surface area contributed by atoms with Gasteiger partial charge in [0.2, 0.25) is 0 Å². The number of hydrogen-bond acceptors (Lipinski definition) is 4. The molecule has 0 radical (unpaired) electrons. The molecular formula is C12H8N2O3S. The summed E-state index contributed by atoms with van der Waals surface area (Å²) < 4.78 is 0.0987. The standard InChI is InChI=1S/C12H8N2O3S/c15-11-9-8(7-4-2-1-3-5-7)6-18-10(9)13-12(16)14(11)17/h1-6,17H,(H,13,16). The van der Waals surface area contributed by atoms with Gasteiger partial charge in [-0.1, -0.05) is 35.1 Å². The van der Waals surface area contributed by atoms with E-state index < -0.39 is 11.2 Å². The Bertz CT molecular complexity index is 830. The third-order valence-electron chi connectivity index (χ3n) is 2.69. The lowest BCUT2D eigenvalue weighted by Crippen LogP contribution is -2.32. The average molecular weight is 260 g/mol. The Hall–Kier alpha value is -2.34. The van der Waals surface area contributed by atoms with Gasteiger partial charge in [-0.25, -0.2) is 4.79 Å². The van der Waals surface area contributed by atoms with Gasteiger partial charge in [0.25, 0.3) is 5.56 Å². The van der Waals surface area contributed by atoms with E-state index in [0.717, 1.165) is 5.56 Å². The number of nitrogens with one attached hydrogen (secondary N) is 1. The first kappa shape index (κ1) is 10.8. The number of thiophene rings is 1. The Morgan fingerprint density at radius 3 is 2.61 bits per heavy atom. The first-order valence-corrected chi connectivity index (χ1v) is 6.07. The van der Waals surface area contributed by atoms with Gasteiger partial charge in [0.1, 0.15) is 4.83 Å². The summed E-state index contributed by atoms with van der Waals surface area (Å²) in [5.74, 6) is 0. The number of nitrogens with zero attached hydrogens (tertiary/aromatic N) is 1. The normalized spacial score (nSPS) is 10.9. The lowest BCUT2D eigenvalue weighted by molar-refractivity contribution is 0.162. The lowest BCUT2D eigenvalue weighted by atomic mass is 10.1. The fourth-order valence-corrected chi connectivity index (χ4v) is 2.79. The molecule has 2 N–H and O–H groups in total. The van der Waals surface area contributed by atoms with E-state index in [1.165, 1.54) is 11.3 Å². The van der Waals surface area contributed by atoms with E-state index in [1.807, 2.05) is 30.3 Å². The summed E-state index contributed by atoms with van der Waals surface area (Å²) in [6.45, 7) is 0. The molecule has 5 nitrogen and oxygen atoms in total. The van der Waals surface area contributed by atoms with E-state index in [1.54, 1.807) is 5.38 Å². The fourth-order valence-electron chi connectivity index (χ4n) is 1.84. The van der Waals surface area contributed by atoms with Crippen molar-refractivity contribution in [1.82, 2.24) is 9.71 Å². The zero-order valence-corrected chi connectivity index (χ0v) is 9.90. The molecule has 0 aliphatic rings.